The molecule has 0 radical (unpaired) electrons. The number of hydrogen-bond donors (Lipinski definition) is 0. The first-order valence-electron chi connectivity index (χ1n) is 17.4. The van der Waals surface area contributed by atoms with Crippen molar-refractivity contribution in [2.24, 2.45) is 39.9 Å². The summed E-state index contributed by atoms with van der Waals surface area (Å²) in [5.41, 5.74) is 8.50. The number of hydrogen-bond acceptors (Lipinski definition) is 2. The van der Waals surface area contributed by atoms with Gasteiger partial charge in [-0.2, -0.15) is 0 Å². The second kappa shape index (κ2) is 8.60. The Labute approximate surface area is 254 Å². The molecule has 0 N–H and O–H groups in total. The van der Waals surface area contributed by atoms with E-state index in [1.807, 2.05) is 6.26 Å². The highest BCUT2D eigenvalue weighted by atomic mass is 16.3. The van der Waals surface area contributed by atoms with Crippen LogP contribution < -0.4 is 0 Å². The fourth-order valence-electron chi connectivity index (χ4n) is 13.0. The summed E-state index contributed by atoms with van der Waals surface area (Å²) < 4.78 is 13.5. The first-order chi connectivity index (χ1) is 19.8. The second-order valence-electron chi connectivity index (χ2n) is 17.8. The van der Waals surface area contributed by atoms with Crippen LogP contribution in [0.5, 0.6) is 0 Å². The molecule has 2 aromatic heterocycles. The fraction of sp³-hybridized carbons (Fsp3) is 0.700. The van der Waals surface area contributed by atoms with Crippen molar-refractivity contribution in [3.05, 3.63) is 58.2 Å². The third kappa shape index (κ3) is 3.39. The van der Waals surface area contributed by atoms with Crippen LogP contribution in [0.25, 0.3) is 11.0 Å². The lowest BCUT2D eigenvalue weighted by atomic mass is 9.41. The third-order valence-corrected chi connectivity index (χ3v) is 15.1. The minimum atomic E-state index is -0.161. The number of furan rings is 2. The van der Waals surface area contributed by atoms with Crippen LogP contribution in [-0.2, 0) is 23.7 Å². The summed E-state index contributed by atoms with van der Waals surface area (Å²) in [6, 6.07) is 7.27. The predicted molar refractivity (Wildman–Crippen MR) is 172 cm³/mol. The van der Waals surface area contributed by atoms with E-state index in [9.17, 15) is 0 Å². The van der Waals surface area contributed by atoms with Crippen LogP contribution in [0.15, 0.2) is 33.3 Å². The van der Waals surface area contributed by atoms with Crippen LogP contribution in [0.4, 0.5) is 0 Å². The van der Waals surface area contributed by atoms with E-state index >= 15 is 0 Å². The van der Waals surface area contributed by atoms with E-state index in [1.165, 1.54) is 92.2 Å². The van der Waals surface area contributed by atoms with Crippen LogP contribution in [0, 0.1) is 46.8 Å². The monoisotopic (exact) mass is 566 g/mol. The van der Waals surface area contributed by atoms with E-state index in [1.54, 1.807) is 11.1 Å². The maximum atomic E-state index is 7.18. The summed E-state index contributed by atoms with van der Waals surface area (Å²) in [6.45, 7) is 20.3. The van der Waals surface area contributed by atoms with E-state index in [-0.39, 0.29) is 10.8 Å². The Kier molecular flexibility index (Phi) is 5.65. The van der Waals surface area contributed by atoms with E-state index in [2.05, 4.69) is 73.6 Å². The Morgan fingerprint density at radius 3 is 2.29 bits per heavy atom. The van der Waals surface area contributed by atoms with Crippen LogP contribution in [0.3, 0.4) is 0 Å². The van der Waals surface area contributed by atoms with Crippen molar-refractivity contribution < 1.29 is 8.83 Å². The first kappa shape index (κ1) is 27.6. The minimum absolute atomic E-state index is 0.161. The molecule has 2 nitrogen and oxygen atoms in total. The van der Waals surface area contributed by atoms with Gasteiger partial charge >= 0.3 is 0 Å². The molecule has 0 spiro atoms. The van der Waals surface area contributed by atoms with E-state index < -0.39 is 0 Å². The quantitative estimate of drug-likeness (QED) is 0.293. The zero-order valence-electron chi connectivity index (χ0n) is 27.7. The molecule has 2 heteroatoms. The van der Waals surface area contributed by atoms with Gasteiger partial charge in [-0.1, -0.05) is 54.4 Å². The lowest BCUT2D eigenvalue weighted by molar-refractivity contribution is -0.115. The SMILES string of the molecule is Cc1c2c(cc3oc(C4(C)c5ccoc5CC5C4CCC4C(C)(C)CCCC54C)cc13)C1(C)CCCC(C)(C)C1CC2. The smallest absolute Gasteiger partial charge is 0.134 e. The molecule has 3 saturated carbocycles. The maximum absolute atomic E-state index is 7.18. The normalized spacial score (nSPS) is 40.0. The highest BCUT2D eigenvalue weighted by Crippen LogP contribution is 2.67. The summed E-state index contributed by atoms with van der Waals surface area (Å²) >= 11 is 0. The van der Waals surface area contributed by atoms with E-state index in [0.29, 0.717) is 28.1 Å². The zero-order chi connectivity index (χ0) is 29.4. The van der Waals surface area contributed by atoms with Gasteiger partial charge in [-0.3, -0.25) is 0 Å². The molecule has 8 rings (SSSR count). The molecule has 2 heterocycles. The summed E-state index contributed by atoms with van der Waals surface area (Å²) in [4.78, 5) is 0. The molecule has 0 bridgehead atoms. The zero-order valence-corrected chi connectivity index (χ0v) is 27.7. The number of aryl methyl sites for hydroxylation is 1. The molecule has 1 aromatic carbocycles. The molecular formula is C40H54O2. The fourth-order valence-corrected chi connectivity index (χ4v) is 13.0. The van der Waals surface area contributed by atoms with Gasteiger partial charge in [0.25, 0.3) is 0 Å². The van der Waals surface area contributed by atoms with Gasteiger partial charge in [0.05, 0.1) is 11.7 Å². The van der Waals surface area contributed by atoms with Crippen molar-refractivity contribution in [2.45, 2.75) is 137 Å². The Morgan fingerprint density at radius 2 is 1.50 bits per heavy atom. The molecule has 5 aliphatic rings. The molecule has 0 aliphatic heterocycles. The van der Waals surface area contributed by atoms with Crippen LogP contribution >= 0.6 is 0 Å². The number of rotatable bonds is 1. The average Bonchev–Trinajstić information content (AvgIpc) is 3.57. The van der Waals surface area contributed by atoms with Gasteiger partial charge in [0, 0.05) is 17.4 Å². The van der Waals surface area contributed by atoms with Gasteiger partial charge in [-0.05, 0) is 145 Å². The molecule has 7 atom stereocenters. The van der Waals surface area contributed by atoms with Gasteiger partial charge < -0.3 is 8.83 Å². The molecule has 0 amide bonds. The summed E-state index contributed by atoms with van der Waals surface area (Å²) in [5.74, 6) is 5.15. The van der Waals surface area contributed by atoms with Gasteiger partial charge in [0.2, 0.25) is 0 Å². The van der Waals surface area contributed by atoms with Crippen LogP contribution in [-0.4, -0.2) is 0 Å². The third-order valence-electron chi connectivity index (χ3n) is 15.1. The van der Waals surface area contributed by atoms with Gasteiger partial charge in [-0.25, -0.2) is 0 Å². The molecule has 5 aliphatic carbocycles. The largest absolute Gasteiger partial charge is 0.469 e. The lowest BCUT2D eigenvalue weighted by Gasteiger charge is -2.63. The predicted octanol–water partition coefficient (Wildman–Crippen LogP) is 11.1. The van der Waals surface area contributed by atoms with Crippen molar-refractivity contribution in [3.8, 4) is 0 Å². The Morgan fingerprint density at radius 1 is 0.762 bits per heavy atom. The first-order valence-corrected chi connectivity index (χ1v) is 17.4. The van der Waals surface area contributed by atoms with Crippen LogP contribution in [0.2, 0.25) is 0 Å². The maximum Gasteiger partial charge on any atom is 0.134 e. The number of fused-ring (bicyclic) bond motifs is 8. The summed E-state index contributed by atoms with van der Waals surface area (Å²) in [6.07, 6.45) is 16.3. The highest BCUT2D eigenvalue weighted by Gasteiger charge is 2.61. The van der Waals surface area contributed by atoms with Crippen LogP contribution in [0.1, 0.15) is 140 Å². The van der Waals surface area contributed by atoms with Crippen molar-refractivity contribution in [2.75, 3.05) is 0 Å². The van der Waals surface area contributed by atoms with Crippen molar-refractivity contribution >= 4 is 11.0 Å². The average molecular weight is 567 g/mol. The Hall–Kier alpha value is -1.96. The molecule has 42 heavy (non-hydrogen) atoms. The van der Waals surface area contributed by atoms with Gasteiger partial charge in [-0.15, -0.1) is 0 Å². The minimum Gasteiger partial charge on any atom is -0.469 e. The van der Waals surface area contributed by atoms with Gasteiger partial charge in [0.15, 0.2) is 0 Å². The van der Waals surface area contributed by atoms with Crippen molar-refractivity contribution in [1.29, 1.82) is 0 Å². The van der Waals surface area contributed by atoms with E-state index in [4.69, 9.17) is 8.83 Å². The lowest BCUT2D eigenvalue weighted by Crippen LogP contribution is -2.57. The molecule has 226 valence electrons. The Balaban J connectivity index is 1.28. The van der Waals surface area contributed by atoms with Gasteiger partial charge in [0.1, 0.15) is 17.1 Å². The van der Waals surface area contributed by atoms with Crippen molar-refractivity contribution in [3.63, 3.8) is 0 Å². The van der Waals surface area contributed by atoms with Crippen molar-refractivity contribution in [1.82, 2.24) is 0 Å². The highest BCUT2D eigenvalue weighted by molar-refractivity contribution is 5.85. The Bertz CT molecular complexity index is 1560. The van der Waals surface area contributed by atoms with E-state index in [0.717, 1.165) is 23.8 Å². The summed E-state index contributed by atoms with van der Waals surface area (Å²) in [5, 5.41) is 1.35. The summed E-state index contributed by atoms with van der Waals surface area (Å²) in [7, 11) is 0. The standard InChI is InChI=1S/C40H54O2/c1-24-25-11-13-33-36(2,3)16-9-18-38(33,6)29(25)22-31-26(24)21-35(42-31)40(8)27-12-14-34-37(4,5)17-10-19-39(34,7)30(27)23-32-28(40)15-20-41-32/h15,20-22,27,30,33-34H,9-14,16-19,23H2,1-8H3. The molecule has 3 aromatic rings. The molecule has 0 saturated heterocycles. The topological polar surface area (TPSA) is 26.3 Å². The molecular weight excluding hydrogens is 512 g/mol. The molecule has 7 unspecified atom stereocenters. The second-order valence-corrected chi connectivity index (χ2v) is 17.8. The molecule has 3 fully saturated rings. The number of benzene rings is 1.